The highest BCUT2D eigenvalue weighted by Gasteiger charge is 2.19. The molecule has 2 amide bonds. The summed E-state index contributed by atoms with van der Waals surface area (Å²) in [7, 11) is 0. The lowest BCUT2D eigenvalue weighted by Gasteiger charge is -2.30. The second kappa shape index (κ2) is 9.93. The molecule has 0 spiro atoms. The molecular formula is C28H27N5O2. The third-order valence-electron chi connectivity index (χ3n) is 6.44. The van der Waals surface area contributed by atoms with Gasteiger partial charge in [-0.05, 0) is 68.1 Å². The first-order chi connectivity index (χ1) is 17.1. The maximum absolute atomic E-state index is 13.4. The third-order valence-corrected chi connectivity index (χ3v) is 6.44. The normalized spacial score (nSPS) is 13.5. The van der Waals surface area contributed by atoms with Crippen LogP contribution in [0.2, 0.25) is 0 Å². The SMILES string of the molecule is Cc1cccc(C(=O)Nc2ccc(N3CCCCC3)c3ccncc23)c1NC(=O)c1ccncc1. The van der Waals surface area contributed by atoms with Crippen LogP contribution in [0.1, 0.15) is 45.5 Å². The van der Waals surface area contributed by atoms with Crippen molar-refractivity contribution in [2.75, 3.05) is 28.6 Å². The quantitative estimate of drug-likeness (QED) is 0.410. The first-order valence-electron chi connectivity index (χ1n) is 11.9. The van der Waals surface area contributed by atoms with Crippen LogP contribution >= 0.6 is 0 Å². The number of amides is 2. The number of piperidine rings is 1. The summed E-state index contributed by atoms with van der Waals surface area (Å²) in [5, 5.41) is 7.91. The molecule has 176 valence electrons. The van der Waals surface area contributed by atoms with Gasteiger partial charge in [-0.1, -0.05) is 12.1 Å². The Labute approximate surface area is 204 Å². The summed E-state index contributed by atoms with van der Waals surface area (Å²) >= 11 is 0. The van der Waals surface area contributed by atoms with Crippen molar-refractivity contribution in [3.8, 4) is 0 Å². The number of benzene rings is 2. The Kier molecular flexibility index (Phi) is 6.39. The Hall–Kier alpha value is -4.26. The number of hydrogen-bond donors (Lipinski definition) is 2. The zero-order valence-electron chi connectivity index (χ0n) is 19.6. The number of aromatic nitrogens is 2. The van der Waals surface area contributed by atoms with Crippen molar-refractivity contribution in [3.05, 3.63) is 90.0 Å². The minimum Gasteiger partial charge on any atom is -0.371 e. The summed E-state index contributed by atoms with van der Waals surface area (Å²) in [6, 6.07) is 14.7. The molecule has 1 saturated heterocycles. The molecule has 7 nitrogen and oxygen atoms in total. The van der Waals surface area contributed by atoms with Gasteiger partial charge in [0, 0.05) is 59.9 Å². The molecule has 0 aliphatic carbocycles. The lowest BCUT2D eigenvalue weighted by molar-refractivity contribution is 0.102. The standard InChI is InChI=1S/C28H27N5O2/c1-19-6-5-7-22(26(19)32-27(34)20-10-13-29-14-11-20)28(35)31-24-8-9-25(33-16-3-2-4-17-33)21-12-15-30-18-23(21)24/h5-15,18H,2-4,16-17H2,1H3,(H,31,35)(H,32,34). The smallest absolute Gasteiger partial charge is 0.257 e. The predicted octanol–water partition coefficient (Wildman–Crippen LogP) is 5.43. The van der Waals surface area contributed by atoms with E-state index in [-0.39, 0.29) is 11.8 Å². The van der Waals surface area contributed by atoms with Gasteiger partial charge in [0.05, 0.1) is 16.9 Å². The highest BCUT2D eigenvalue weighted by molar-refractivity contribution is 6.15. The number of para-hydroxylation sites is 1. The molecule has 7 heteroatoms. The van der Waals surface area contributed by atoms with Crippen LogP contribution in [-0.4, -0.2) is 34.9 Å². The van der Waals surface area contributed by atoms with Crippen LogP contribution in [-0.2, 0) is 0 Å². The monoisotopic (exact) mass is 465 g/mol. The van der Waals surface area contributed by atoms with Crippen LogP contribution in [0.25, 0.3) is 10.8 Å². The molecule has 4 aromatic rings. The fraction of sp³-hybridized carbons (Fsp3) is 0.214. The van der Waals surface area contributed by atoms with E-state index in [1.54, 1.807) is 43.0 Å². The molecule has 5 rings (SSSR count). The Morgan fingerprint density at radius 1 is 0.800 bits per heavy atom. The minimum absolute atomic E-state index is 0.295. The third kappa shape index (κ3) is 4.71. The van der Waals surface area contributed by atoms with Crippen molar-refractivity contribution < 1.29 is 9.59 Å². The van der Waals surface area contributed by atoms with Crippen molar-refractivity contribution in [2.45, 2.75) is 26.2 Å². The van der Waals surface area contributed by atoms with Crippen molar-refractivity contribution in [1.82, 2.24) is 9.97 Å². The summed E-state index contributed by atoms with van der Waals surface area (Å²) in [4.78, 5) is 36.9. The molecule has 0 bridgehead atoms. The van der Waals surface area contributed by atoms with Gasteiger partial charge in [0.15, 0.2) is 0 Å². The van der Waals surface area contributed by atoms with E-state index in [2.05, 4.69) is 31.6 Å². The average molecular weight is 466 g/mol. The fourth-order valence-corrected chi connectivity index (χ4v) is 4.60. The topological polar surface area (TPSA) is 87.2 Å². The summed E-state index contributed by atoms with van der Waals surface area (Å²) in [5.74, 6) is -0.592. The number of nitrogens with zero attached hydrogens (tertiary/aromatic N) is 3. The van der Waals surface area contributed by atoms with Crippen molar-refractivity contribution in [1.29, 1.82) is 0 Å². The number of aryl methyl sites for hydroxylation is 1. The van der Waals surface area contributed by atoms with Crippen LogP contribution < -0.4 is 15.5 Å². The molecule has 0 radical (unpaired) electrons. The summed E-state index contributed by atoms with van der Waals surface area (Å²) in [6.07, 6.45) is 10.3. The molecule has 2 aromatic heterocycles. The molecule has 0 saturated carbocycles. The van der Waals surface area contributed by atoms with Crippen molar-refractivity contribution in [2.24, 2.45) is 0 Å². The molecule has 1 aliphatic heterocycles. The summed E-state index contributed by atoms with van der Waals surface area (Å²) in [6.45, 7) is 3.94. The van der Waals surface area contributed by atoms with Crippen LogP contribution in [0.4, 0.5) is 17.1 Å². The molecule has 35 heavy (non-hydrogen) atoms. The van der Waals surface area contributed by atoms with Crippen LogP contribution in [0.3, 0.4) is 0 Å². The van der Waals surface area contributed by atoms with Crippen molar-refractivity contribution in [3.63, 3.8) is 0 Å². The maximum atomic E-state index is 13.4. The molecule has 2 aromatic carbocycles. The maximum Gasteiger partial charge on any atom is 0.257 e. The number of pyridine rings is 2. The van der Waals surface area contributed by atoms with Gasteiger partial charge in [0.2, 0.25) is 0 Å². The van der Waals surface area contributed by atoms with Crippen LogP contribution in [0, 0.1) is 6.92 Å². The van der Waals surface area contributed by atoms with Gasteiger partial charge in [-0.15, -0.1) is 0 Å². The van der Waals surface area contributed by atoms with E-state index in [4.69, 9.17) is 0 Å². The van der Waals surface area contributed by atoms with Gasteiger partial charge in [0.25, 0.3) is 11.8 Å². The second-order valence-corrected chi connectivity index (χ2v) is 8.74. The van der Waals surface area contributed by atoms with E-state index in [0.29, 0.717) is 22.5 Å². The Balaban J connectivity index is 1.45. The highest BCUT2D eigenvalue weighted by atomic mass is 16.2. The van der Waals surface area contributed by atoms with Gasteiger partial charge in [-0.3, -0.25) is 19.6 Å². The molecule has 0 atom stereocenters. The first-order valence-corrected chi connectivity index (χ1v) is 11.9. The van der Waals surface area contributed by atoms with Gasteiger partial charge in [-0.2, -0.15) is 0 Å². The summed E-state index contributed by atoms with van der Waals surface area (Å²) in [5.41, 5.74) is 4.00. The lowest BCUT2D eigenvalue weighted by Crippen LogP contribution is -2.29. The van der Waals surface area contributed by atoms with E-state index in [9.17, 15) is 9.59 Å². The highest BCUT2D eigenvalue weighted by Crippen LogP contribution is 2.34. The molecular weight excluding hydrogens is 438 g/mol. The van der Waals surface area contributed by atoms with Crippen LogP contribution in [0.15, 0.2) is 73.3 Å². The second-order valence-electron chi connectivity index (χ2n) is 8.74. The van der Waals surface area contributed by atoms with Gasteiger partial charge in [0.1, 0.15) is 0 Å². The molecule has 3 heterocycles. The number of carbonyl (C=O) groups excluding carboxylic acids is 2. The van der Waals surface area contributed by atoms with E-state index in [1.165, 1.54) is 24.9 Å². The summed E-state index contributed by atoms with van der Waals surface area (Å²) < 4.78 is 0. The van der Waals surface area contributed by atoms with E-state index in [1.807, 2.05) is 31.2 Å². The lowest BCUT2D eigenvalue weighted by atomic mass is 10.0. The van der Waals surface area contributed by atoms with Gasteiger partial charge in [-0.25, -0.2) is 0 Å². The van der Waals surface area contributed by atoms with E-state index >= 15 is 0 Å². The number of anilines is 3. The van der Waals surface area contributed by atoms with Crippen molar-refractivity contribution >= 4 is 39.6 Å². The Morgan fingerprint density at radius 2 is 1.57 bits per heavy atom. The predicted molar refractivity (Wildman–Crippen MR) is 139 cm³/mol. The van der Waals surface area contributed by atoms with Crippen LogP contribution in [0.5, 0.6) is 0 Å². The van der Waals surface area contributed by atoms with Gasteiger partial charge >= 0.3 is 0 Å². The van der Waals surface area contributed by atoms with E-state index in [0.717, 1.165) is 29.4 Å². The molecule has 1 aliphatic rings. The number of carbonyl (C=O) groups is 2. The number of rotatable bonds is 5. The zero-order valence-corrected chi connectivity index (χ0v) is 19.6. The average Bonchev–Trinajstić information content (AvgIpc) is 2.91. The molecule has 0 unspecified atom stereocenters. The van der Waals surface area contributed by atoms with E-state index < -0.39 is 0 Å². The molecule has 2 N–H and O–H groups in total. The fourth-order valence-electron chi connectivity index (χ4n) is 4.60. The Morgan fingerprint density at radius 3 is 2.37 bits per heavy atom. The first kappa shape index (κ1) is 22.5. The van der Waals surface area contributed by atoms with Gasteiger partial charge < -0.3 is 15.5 Å². The number of nitrogens with one attached hydrogen (secondary N) is 2. The molecule has 1 fully saturated rings. The minimum atomic E-state index is -0.297. The zero-order chi connectivity index (χ0) is 24.2. The Bertz CT molecular complexity index is 1380. The number of hydrogen-bond acceptors (Lipinski definition) is 5. The number of fused-ring (bicyclic) bond motifs is 1. The largest absolute Gasteiger partial charge is 0.371 e.